The minimum atomic E-state index is -1.99. The number of nitrogens with zero attached hydrogens (tertiary/aromatic N) is 5. The Morgan fingerprint density at radius 2 is 0.625 bits per heavy atom. The molecule has 0 aliphatic carbocycles. The summed E-state index contributed by atoms with van der Waals surface area (Å²) in [6.45, 7) is 3.72. The third-order valence-corrected chi connectivity index (χ3v) is 17.1. The predicted octanol–water partition coefficient (Wildman–Crippen LogP) is -10.7. The standard InChI is InChI=1S/C65H125N29O17S/c1-34(2)32-45(57(107)90-43(23-31-112-4)55(105)85-37(15-5-7-24-66)52(102)91-44(60(110)111)20-13-30-83-65(77)78)92-53(103)38(16-6-8-25-67)88-58(108)46(33-95)93-59(109)48(35(3)96)94-56(106)41(19-12-29-82-64(75)76)87-51(101)40(18-11-28-81-63(73)74)86-54(104)42(21-22-47(97)98)89-50(100)39(17-10-27-80-62(71)72)84-49(99)36(68)14-9-26-79-61(69)70/h34-46,48,95-96H,5-33,66-68H2,1-4H3,(H,84,99)(H,85,105)(H,86,104)(H,87,101)(H,88,108)(H,89,100)(H,90,107)(H,91,102)(H,92,103)(H,93,109)(H,94,106)(H,97,98)(H,110,111)(H4,69,70,79)(H4,71,72,80)(H4,73,74,81)(H4,75,76,82)(H4,77,78,83)/t35-,36+,37+,38+,39+,40+,41+,42+,43+,44+,45+,46+,48+/m1/s1. The van der Waals surface area contributed by atoms with Crippen molar-refractivity contribution in [1.82, 2.24) is 58.5 Å². The summed E-state index contributed by atoms with van der Waals surface area (Å²) < 4.78 is 0. The van der Waals surface area contributed by atoms with Crippen LogP contribution in [0.5, 0.6) is 0 Å². The molecule has 0 spiro atoms. The van der Waals surface area contributed by atoms with Crippen LogP contribution in [0.2, 0.25) is 0 Å². The third kappa shape index (κ3) is 45.7. The van der Waals surface area contributed by atoms with Gasteiger partial charge in [0.2, 0.25) is 65.0 Å². The Morgan fingerprint density at radius 3 is 0.938 bits per heavy atom. The van der Waals surface area contributed by atoms with Gasteiger partial charge in [-0.2, -0.15) is 11.8 Å². The first-order valence-corrected chi connectivity index (χ1v) is 38.2. The summed E-state index contributed by atoms with van der Waals surface area (Å²) in [6.07, 6.45) is -0.506. The third-order valence-electron chi connectivity index (χ3n) is 16.5. The minimum absolute atomic E-state index is 0.0156. The normalized spacial score (nSPS) is 14.4. The van der Waals surface area contributed by atoms with Crippen molar-refractivity contribution in [2.75, 3.05) is 64.4 Å². The van der Waals surface area contributed by atoms with E-state index < -0.39 is 175 Å². The number of carboxylic acids is 2. The molecule has 11 amide bonds. The van der Waals surface area contributed by atoms with Gasteiger partial charge in [0.05, 0.1) is 18.8 Å². The van der Waals surface area contributed by atoms with Crippen LogP contribution in [0.4, 0.5) is 0 Å². The maximum atomic E-state index is 14.6. The molecular weight excluding hydrogens is 1490 g/mol. The highest BCUT2D eigenvalue weighted by atomic mass is 32.2. The van der Waals surface area contributed by atoms with Crippen molar-refractivity contribution in [1.29, 1.82) is 0 Å². The first-order valence-electron chi connectivity index (χ1n) is 36.8. The molecule has 0 aromatic carbocycles. The van der Waals surface area contributed by atoms with E-state index in [0.717, 1.165) is 6.92 Å². The Labute approximate surface area is 654 Å². The lowest BCUT2D eigenvalue weighted by atomic mass is 10.0. The first-order chi connectivity index (χ1) is 52.8. The fourth-order valence-corrected chi connectivity index (χ4v) is 11.0. The minimum Gasteiger partial charge on any atom is -0.481 e. The predicted molar refractivity (Wildman–Crippen MR) is 420 cm³/mol. The number of carbonyl (C=O) groups excluding carboxylic acids is 11. The number of amides is 11. The van der Waals surface area contributed by atoms with E-state index in [-0.39, 0.29) is 178 Å². The van der Waals surface area contributed by atoms with Crippen LogP contribution in [-0.2, 0) is 62.3 Å². The number of nitrogens with two attached hydrogens (primary N) is 13. The number of hydrogen-bond acceptors (Lipinski definition) is 24. The molecule has 0 aliphatic heterocycles. The summed E-state index contributed by atoms with van der Waals surface area (Å²) in [6, 6.07) is -18.5. The van der Waals surface area contributed by atoms with Crippen LogP contribution < -0.4 is 133 Å². The maximum Gasteiger partial charge on any atom is 0.326 e. The fourth-order valence-electron chi connectivity index (χ4n) is 10.6. The van der Waals surface area contributed by atoms with E-state index in [9.17, 15) is 82.8 Å². The van der Waals surface area contributed by atoms with Crippen LogP contribution in [0.15, 0.2) is 25.0 Å². The van der Waals surface area contributed by atoms with Gasteiger partial charge in [-0.15, -0.1) is 0 Å². The van der Waals surface area contributed by atoms with E-state index in [1.165, 1.54) is 11.8 Å². The monoisotopic (exact) mass is 1620 g/mol. The molecule has 0 aromatic rings. The molecule has 0 saturated carbocycles. The average molecular weight is 1620 g/mol. The molecular formula is C65H125N29O17S. The lowest BCUT2D eigenvalue weighted by Gasteiger charge is -2.29. The number of aliphatic carboxylic acids is 2. The number of aliphatic imine (C=N–C) groups is 5. The molecule has 638 valence electrons. The van der Waals surface area contributed by atoms with Crippen molar-refractivity contribution in [2.24, 2.45) is 105 Å². The molecule has 0 aliphatic rings. The van der Waals surface area contributed by atoms with E-state index >= 15 is 0 Å². The number of thioether (sulfide) groups is 1. The van der Waals surface area contributed by atoms with Gasteiger partial charge in [0.25, 0.3) is 0 Å². The van der Waals surface area contributed by atoms with Crippen LogP contribution in [0, 0.1) is 5.92 Å². The van der Waals surface area contributed by atoms with E-state index in [2.05, 4.69) is 83.4 Å². The van der Waals surface area contributed by atoms with Crippen LogP contribution in [-0.4, -0.2) is 270 Å². The second kappa shape index (κ2) is 57.6. The van der Waals surface area contributed by atoms with E-state index in [0.29, 0.717) is 25.0 Å². The molecule has 0 rings (SSSR count). The molecule has 0 saturated heterocycles. The summed E-state index contributed by atoms with van der Waals surface area (Å²) in [4.78, 5) is 200. The van der Waals surface area contributed by atoms with Crippen LogP contribution in [0.1, 0.15) is 149 Å². The number of unbranched alkanes of at least 4 members (excludes halogenated alkanes) is 2. The molecule has 0 aromatic heterocycles. The summed E-state index contributed by atoms with van der Waals surface area (Å²) >= 11 is 1.33. The highest BCUT2D eigenvalue weighted by Crippen LogP contribution is 2.14. The molecule has 41 N–H and O–H groups in total. The molecule has 0 heterocycles. The number of guanidine groups is 5. The van der Waals surface area contributed by atoms with Crippen molar-refractivity contribution in [3.8, 4) is 0 Å². The van der Waals surface area contributed by atoms with E-state index in [1.807, 2.05) is 0 Å². The van der Waals surface area contributed by atoms with Crippen molar-refractivity contribution in [3.63, 3.8) is 0 Å². The quantitative estimate of drug-likeness (QED) is 0.0153. The Hall–Kier alpha value is -10.4. The Bertz CT molecular complexity index is 3130. The van der Waals surface area contributed by atoms with Gasteiger partial charge in [-0.3, -0.25) is 82.5 Å². The van der Waals surface area contributed by atoms with Crippen molar-refractivity contribution in [2.45, 2.75) is 228 Å². The Morgan fingerprint density at radius 1 is 0.348 bits per heavy atom. The van der Waals surface area contributed by atoms with Gasteiger partial charge in [-0.05, 0) is 160 Å². The summed E-state index contributed by atoms with van der Waals surface area (Å²) in [7, 11) is 0. The number of nitrogens with one attached hydrogen (secondary N) is 11. The van der Waals surface area contributed by atoms with Crippen LogP contribution in [0.3, 0.4) is 0 Å². The van der Waals surface area contributed by atoms with E-state index in [4.69, 9.17) is 74.5 Å². The van der Waals surface area contributed by atoms with Crippen LogP contribution in [0.25, 0.3) is 0 Å². The zero-order chi connectivity index (χ0) is 85.0. The molecule has 0 bridgehead atoms. The van der Waals surface area contributed by atoms with Gasteiger partial charge in [0, 0.05) is 39.1 Å². The summed E-state index contributed by atoms with van der Waals surface area (Å²) in [5, 5.41) is 68.8. The molecule has 0 unspecified atom stereocenters. The van der Waals surface area contributed by atoms with Gasteiger partial charge in [-0.25, -0.2) is 4.79 Å². The van der Waals surface area contributed by atoms with Gasteiger partial charge in [0.15, 0.2) is 29.8 Å². The number of aliphatic hydroxyl groups is 2. The maximum absolute atomic E-state index is 14.6. The molecule has 0 radical (unpaired) electrons. The second-order valence-electron chi connectivity index (χ2n) is 26.6. The molecule has 112 heavy (non-hydrogen) atoms. The molecule has 46 nitrogen and oxygen atoms in total. The first kappa shape index (κ1) is 102. The Balaban J connectivity index is 7.26. The lowest BCUT2D eigenvalue weighted by Crippen LogP contribution is -2.62. The number of rotatable bonds is 61. The largest absolute Gasteiger partial charge is 0.481 e. The summed E-state index contributed by atoms with van der Waals surface area (Å²) in [5.74, 6) is -15.2. The molecule has 47 heteroatoms. The topological polar surface area (TPSA) is 835 Å². The van der Waals surface area contributed by atoms with Gasteiger partial charge in [0.1, 0.15) is 66.5 Å². The van der Waals surface area contributed by atoms with Crippen molar-refractivity contribution in [3.05, 3.63) is 0 Å². The van der Waals surface area contributed by atoms with Gasteiger partial charge >= 0.3 is 11.9 Å². The number of carbonyl (C=O) groups is 13. The SMILES string of the molecule is CSCC[C@H](NC(=O)[C@H](CC(C)C)NC(=O)[C@H](CCCCN)NC(=O)[C@H](CO)NC(=O)[C@@H](NC(=O)[C@H](CCCN=C(N)N)NC(=O)[C@H](CCCN=C(N)N)NC(=O)[C@H](CCC(=O)O)NC(=O)[C@H](CCCN=C(N)N)NC(=O)[C@@H](N)CCCN=C(N)N)[C@@H](C)O)C(=O)N[C@@H](CCCCN)C(=O)N[C@@H](CCCN=C(N)N)C(=O)O. The highest BCUT2D eigenvalue weighted by Gasteiger charge is 2.38. The zero-order valence-electron chi connectivity index (χ0n) is 64.3. The van der Waals surface area contributed by atoms with Crippen LogP contribution >= 0.6 is 11.8 Å². The number of carboxylic acid groups (broad SMARTS) is 2. The highest BCUT2D eigenvalue weighted by molar-refractivity contribution is 7.98. The zero-order valence-corrected chi connectivity index (χ0v) is 65.2. The van der Waals surface area contributed by atoms with Crippen molar-refractivity contribution < 1.29 is 82.8 Å². The van der Waals surface area contributed by atoms with Gasteiger partial charge < -0.3 is 153 Å². The number of hydrogen-bond donors (Lipinski definition) is 28. The second-order valence-corrected chi connectivity index (χ2v) is 27.6. The smallest absolute Gasteiger partial charge is 0.326 e. The van der Waals surface area contributed by atoms with Gasteiger partial charge in [-0.1, -0.05) is 13.8 Å². The fraction of sp³-hybridized carbons (Fsp3) is 0.723. The lowest BCUT2D eigenvalue weighted by molar-refractivity contribution is -0.142. The van der Waals surface area contributed by atoms with E-state index in [1.54, 1.807) is 20.1 Å². The van der Waals surface area contributed by atoms with Crippen molar-refractivity contribution >= 4 is 118 Å². The Kier molecular flexibility index (Phi) is 52.3. The average Bonchev–Trinajstić information content (AvgIpc) is 0.853. The molecule has 0 fully saturated rings. The summed E-state index contributed by atoms with van der Waals surface area (Å²) in [5.41, 5.74) is 72.3. The molecule has 13 atom stereocenters. The number of aliphatic hydroxyl groups excluding tert-OH is 2.